The van der Waals surface area contributed by atoms with Crippen molar-refractivity contribution in [2.75, 3.05) is 7.11 Å². The lowest BCUT2D eigenvalue weighted by Gasteiger charge is -2.12. The molecule has 0 unspecified atom stereocenters. The van der Waals surface area contributed by atoms with Crippen molar-refractivity contribution in [3.63, 3.8) is 0 Å². The molecule has 16 heavy (non-hydrogen) atoms. The first-order valence-corrected chi connectivity index (χ1v) is 9.16. The van der Waals surface area contributed by atoms with E-state index in [4.69, 9.17) is 4.74 Å². The van der Waals surface area contributed by atoms with E-state index in [2.05, 4.69) is 42.8 Å². The van der Waals surface area contributed by atoms with Gasteiger partial charge in [0.05, 0.1) is 7.11 Å². The van der Waals surface area contributed by atoms with Crippen LogP contribution in [0.2, 0.25) is 19.6 Å². The van der Waals surface area contributed by atoms with Crippen LogP contribution in [0.4, 0.5) is 4.79 Å². The van der Waals surface area contributed by atoms with Gasteiger partial charge in [0.1, 0.15) is 8.07 Å². The lowest BCUT2D eigenvalue weighted by Crippen LogP contribution is -2.20. The molecule has 0 N–H and O–H groups in total. The lowest BCUT2D eigenvalue weighted by atomic mass is 10.2. The maximum absolute atomic E-state index is 11.0. The smallest absolute Gasteiger partial charge is 0.438 e. The van der Waals surface area contributed by atoms with Crippen molar-refractivity contribution in [2.24, 2.45) is 0 Å². The van der Waals surface area contributed by atoms with Gasteiger partial charge in [-0.3, -0.25) is 0 Å². The van der Waals surface area contributed by atoms with Gasteiger partial charge in [-0.25, -0.2) is 4.79 Å². The molecule has 0 heterocycles. The molecule has 0 fully saturated rings. The summed E-state index contributed by atoms with van der Waals surface area (Å²) in [6.45, 7) is 8.58. The molecule has 0 aliphatic rings. The van der Waals surface area contributed by atoms with Gasteiger partial charge < -0.3 is 9.47 Å². The number of rotatable bonds is 4. The van der Waals surface area contributed by atoms with Crippen LogP contribution in [0.3, 0.4) is 0 Å². The van der Waals surface area contributed by atoms with Gasteiger partial charge in [0.25, 0.3) is 0 Å². The van der Waals surface area contributed by atoms with Crippen molar-refractivity contribution in [1.29, 1.82) is 0 Å². The molecule has 0 bridgehead atoms. The summed E-state index contributed by atoms with van der Waals surface area (Å²) in [4.78, 5) is 11.0. The minimum atomic E-state index is -1.41. The Kier molecular flexibility index (Phi) is 6.90. The Hall–Kier alpha value is -0.953. The number of ether oxygens (including phenoxy) is 2. The van der Waals surface area contributed by atoms with E-state index in [1.54, 1.807) is 0 Å². The van der Waals surface area contributed by atoms with Crippen molar-refractivity contribution >= 4 is 14.2 Å². The van der Waals surface area contributed by atoms with Gasteiger partial charge in [0.15, 0.2) is 6.10 Å². The number of carbonyl (C=O) groups excluding carboxylic acids is 1. The summed E-state index contributed by atoms with van der Waals surface area (Å²) in [5.74, 6) is 3.05. The molecule has 0 rings (SSSR count). The van der Waals surface area contributed by atoms with Crippen molar-refractivity contribution in [2.45, 2.75) is 51.9 Å². The van der Waals surface area contributed by atoms with Crippen LogP contribution in [-0.4, -0.2) is 27.4 Å². The van der Waals surface area contributed by atoms with E-state index in [-0.39, 0.29) is 6.10 Å². The van der Waals surface area contributed by atoms with Crippen LogP contribution in [0.5, 0.6) is 0 Å². The summed E-state index contributed by atoms with van der Waals surface area (Å²) in [6, 6.07) is 0. The maximum Gasteiger partial charge on any atom is 0.509 e. The van der Waals surface area contributed by atoms with E-state index in [1.165, 1.54) is 7.11 Å². The summed E-state index contributed by atoms with van der Waals surface area (Å²) >= 11 is 0. The predicted octanol–water partition coefficient (Wildman–Crippen LogP) is 3.21. The molecule has 0 aromatic rings. The molecule has 0 radical (unpaired) electrons. The van der Waals surface area contributed by atoms with E-state index < -0.39 is 14.2 Å². The highest BCUT2D eigenvalue weighted by atomic mass is 28.3. The average Bonchev–Trinajstić information content (AvgIpc) is 2.20. The van der Waals surface area contributed by atoms with Crippen molar-refractivity contribution in [3.05, 3.63) is 0 Å². The zero-order valence-electron chi connectivity index (χ0n) is 10.9. The highest BCUT2D eigenvalue weighted by molar-refractivity contribution is 6.83. The first-order chi connectivity index (χ1) is 7.39. The minimum Gasteiger partial charge on any atom is -0.438 e. The second-order valence-corrected chi connectivity index (χ2v) is 9.47. The second-order valence-electron chi connectivity index (χ2n) is 4.72. The fourth-order valence-corrected chi connectivity index (χ4v) is 1.61. The Morgan fingerprint density at radius 2 is 2.00 bits per heavy atom. The summed E-state index contributed by atoms with van der Waals surface area (Å²) in [5.41, 5.74) is 3.22. The number of carbonyl (C=O) groups is 1. The summed E-state index contributed by atoms with van der Waals surface area (Å²) in [5, 5.41) is 0. The van der Waals surface area contributed by atoms with Gasteiger partial charge in [-0.2, -0.15) is 0 Å². The Morgan fingerprint density at radius 1 is 1.38 bits per heavy atom. The van der Waals surface area contributed by atoms with E-state index in [0.29, 0.717) is 0 Å². The van der Waals surface area contributed by atoms with Crippen LogP contribution >= 0.6 is 0 Å². The predicted molar refractivity (Wildman–Crippen MR) is 67.9 cm³/mol. The molecule has 0 spiro atoms. The second kappa shape index (κ2) is 7.34. The molecule has 0 aromatic heterocycles. The van der Waals surface area contributed by atoms with Crippen molar-refractivity contribution in [1.82, 2.24) is 0 Å². The van der Waals surface area contributed by atoms with E-state index >= 15 is 0 Å². The first-order valence-electron chi connectivity index (χ1n) is 5.66. The third kappa shape index (κ3) is 8.36. The maximum atomic E-state index is 11.0. The molecule has 1 atom stereocenters. The van der Waals surface area contributed by atoms with E-state index in [9.17, 15) is 4.79 Å². The van der Waals surface area contributed by atoms with Gasteiger partial charge in [-0.1, -0.05) is 38.9 Å². The van der Waals surface area contributed by atoms with Gasteiger partial charge in [0, 0.05) is 0 Å². The number of methoxy groups -OCH3 is 1. The first kappa shape index (κ1) is 15.0. The Bertz CT molecular complexity index is 270. The summed E-state index contributed by atoms with van der Waals surface area (Å²) in [6.07, 6.45) is 1.88. The van der Waals surface area contributed by atoms with E-state index in [1.807, 2.05) is 0 Å². The molecule has 0 aliphatic carbocycles. The highest BCUT2D eigenvalue weighted by Gasteiger charge is 2.13. The minimum absolute atomic E-state index is 0.320. The zero-order chi connectivity index (χ0) is 12.6. The molecular weight excluding hydrogens is 220 g/mol. The number of hydrogen-bond donors (Lipinski definition) is 0. The van der Waals surface area contributed by atoms with Crippen LogP contribution < -0.4 is 0 Å². The molecule has 0 saturated heterocycles. The molecule has 92 valence electrons. The molecule has 0 amide bonds. The molecule has 4 heteroatoms. The third-order valence-corrected chi connectivity index (χ3v) is 2.73. The Balaban J connectivity index is 4.40. The van der Waals surface area contributed by atoms with Crippen LogP contribution in [0, 0.1) is 11.5 Å². The van der Waals surface area contributed by atoms with Gasteiger partial charge in [-0.05, 0) is 12.8 Å². The largest absolute Gasteiger partial charge is 0.509 e. The topological polar surface area (TPSA) is 35.5 Å². The Labute approximate surface area is 99.5 Å². The van der Waals surface area contributed by atoms with Crippen LogP contribution in [0.15, 0.2) is 0 Å². The molecule has 3 nitrogen and oxygen atoms in total. The van der Waals surface area contributed by atoms with Crippen molar-refractivity contribution < 1.29 is 14.3 Å². The molecular formula is C12H22O3Si. The van der Waals surface area contributed by atoms with Gasteiger partial charge >= 0.3 is 6.16 Å². The molecule has 0 saturated carbocycles. The summed E-state index contributed by atoms with van der Waals surface area (Å²) in [7, 11) is -0.103. The number of hydrogen-bond acceptors (Lipinski definition) is 3. The van der Waals surface area contributed by atoms with Crippen molar-refractivity contribution in [3.8, 4) is 11.5 Å². The SMILES string of the molecule is CCCC[C@@H](C#C[Si](C)(C)C)OC(=O)OC. The standard InChI is InChI=1S/C12H22O3Si/c1-6-7-8-11(15-12(13)14-2)9-10-16(3,4)5/h11H,6-8H2,1-5H3/t11-/m0/s1. The van der Waals surface area contributed by atoms with Gasteiger partial charge in [-0.15, -0.1) is 5.54 Å². The quantitative estimate of drug-likeness (QED) is 0.431. The average molecular weight is 242 g/mol. The van der Waals surface area contributed by atoms with E-state index in [0.717, 1.165) is 19.3 Å². The normalized spacial score (nSPS) is 12.3. The zero-order valence-corrected chi connectivity index (χ0v) is 11.9. The lowest BCUT2D eigenvalue weighted by molar-refractivity contribution is 0.0523. The van der Waals surface area contributed by atoms with Crippen LogP contribution in [-0.2, 0) is 9.47 Å². The number of unbranched alkanes of at least 4 members (excludes halogenated alkanes) is 1. The van der Waals surface area contributed by atoms with Crippen LogP contribution in [0.1, 0.15) is 26.2 Å². The fourth-order valence-electron chi connectivity index (χ4n) is 1.01. The van der Waals surface area contributed by atoms with Gasteiger partial charge in [0.2, 0.25) is 0 Å². The molecule has 0 aromatic carbocycles. The summed E-state index contributed by atoms with van der Waals surface area (Å²) < 4.78 is 9.56. The molecule has 0 aliphatic heterocycles. The monoisotopic (exact) mass is 242 g/mol. The highest BCUT2D eigenvalue weighted by Crippen LogP contribution is 2.06. The third-order valence-electron chi connectivity index (χ3n) is 1.83. The fraction of sp³-hybridized carbons (Fsp3) is 0.750. The van der Waals surface area contributed by atoms with Crippen LogP contribution in [0.25, 0.3) is 0 Å². The Morgan fingerprint density at radius 3 is 2.44 bits per heavy atom.